The summed E-state index contributed by atoms with van der Waals surface area (Å²) in [5.74, 6) is 2.33. The molecule has 2 aliphatic heterocycles. The summed E-state index contributed by atoms with van der Waals surface area (Å²) in [5.41, 5.74) is 1.84. The van der Waals surface area contributed by atoms with Crippen molar-refractivity contribution in [2.45, 2.75) is 25.7 Å². The average molecular weight is 570 g/mol. The van der Waals surface area contributed by atoms with Crippen molar-refractivity contribution in [1.29, 1.82) is 0 Å². The van der Waals surface area contributed by atoms with Crippen LogP contribution in [0.15, 0.2) is 42.7 Å². The standard InChI is InChI=1S/C28H37ClN7O2P/c1-35-13-9-28(10-14-35)11-15-36(16-12-28)25-17-23(38-2)22(19-30-25)33-27-31-18-20(29)26(34-27)32-21-7-5-6-8-24(21)39(3,4)37/h5-8,17-19H,9-16H2,1-4H3,(H2,31,32,33,34). The quantitative estimate of drug-likeness (QED) is 0.353. The van der Waals surface area contributed by atoms with Crippen molar-refractivity contribution in [3.63, 3.8) is 0 Å². The fourth-order valence-electron chi connectivity index (χ4n) is 5.48. The van der Waals surface area contributed by atoms with Crippen LogP contribution in [0.3, 0.4) is 0 Å². The molecule has 0 unspecified atom stereocenters. The van der Waals surface area contributed by atoms with Crippen molar-refractivity contribution in [3.05, 3.63) is 47.7 Å². The molecule has 0 radical (unpaired) electrons. The van der Waals surface area contributed by atoms with Gasteiger partial charge >= 0.3 is 0 Å². The van der Waals surface area contributed by atoms with Crippen LogP contribution in [0.4, 0.5) is 29.0 Å². The first kappa shape index (κ1) is 27.7. The van der Waals surface area contributed by atoms with Crippen molar-refractivity contribution in [2.75, 3.05) is 69.2 Å². The molecular formula is C28H37ClN7O2P. The second kappa shape index (κ2) is 11.3. The molecule has 208 valence electrons. The van der Waals surface area contributed by atoms with Crippen molar-refractivity contribution in [3.8, 4) is 5.75 Å². The minimum atomic E-state index is -2.51. The van der Waals surface area contributed by atoms with Crippen molar-refractivity contribution < 1.29 is 9.30 Å². The van der Waals surface area contributed by atoms with E-state index in [1.807, 2.05) is 30.3 Å². The third-order valence-corrected chi connectivity index (χ3v) is 9.82. The fraction of sp³-hybridized carbons (Fsp3) is 0.464. The van der Waals surface area contributed by atoms with Gasteiger partial charge in [-0.1, -0.05) is 23.7 Å². The Hall–Kier alpha value is -2.87. The van der Waals surface area contributed by atoms with Crippen molar-refractivity contribution in [2.24, 2.45) is 5.41 Å². The van der Waals surface area contributed by atoms with Crippen LogP contribution in [0.25, 0.3) is 0 Å². The Bertz CT molecular complexity index is 1360. The number of ether oxygens (including phenoxy) is 1. The molecule has 0 atom stereocenters. The minimum Gasteiger partial charge on any atom is -0.494 e. The summed E-state index contributed by atoms with van der Waals surface area (Å²) in [7, 11) is 1.36. The van der Waals surface area contributed by atoms with Crippen LogP contribution in [-0.4, -0.2) is 73.5 Å². The fourth-order valence-corrected chi connectivity index (χ4v) is 6.77. The molecule has 39 heavy (non-hydrogen) atoms. The number of pyridine rings is 1. The first-order valence-corrected chi connectivity index (χ1v) is 16.3. The van der Waals surface area contributed by atoms with E-state index in [4.69, 9.17) is 21.3 Å². The number of benzene rings is 1. The van der Waals surface area contributed by atoms with Crippen LogP contribution >= 0.6 is 18.7 Å². The molecule has 0 aliphatic carbocycles. The van der Waals surface area contributed by atoms with Gasteiger partial charge in [0.2, 0.25) is 5.95 Å². The smallest absolute Gasteiger partial charge is 0.229 e. The third kappa shape index (κ3) is 6.32. The summed E-state index contributed by atoms with van der Waals surface area (Å²) in [6, 6.07) is 9.44. The van der Waals surface area contributed by atoms with Gasteiger partial charge in [0.05, 0.1) is 25.2 Å². The molecule has 1 aromatic carbocycles. The van der Waals surface area contributed by atoms with E-state index in [-0.39, 0.29) is 0 Å². The van der Waals surface area contributed by atoms with Gasteiger partial charge in [0.15, 0.2) is 5.82 Å². The van der Waals surface area contributed by atoms with Crippen LogP contribution in [0, 0.1) is 5.41 Å². The van der Waals surface area contributed by atoms with E-state index in [1.54, 1.807) is 26.6 Å². The zero-order valence-electron chi connectivity index (χ0n) is 23.1. The Kier molecular flexibility index (Phi) is 8.04. The van der Waals surface area contributed by atoms with Gasteiger partial charge in [-0.15, -0.1) is 0 Å². The maximum atomic E-state index is 12.8. The molecule has 1 spiro atoms. The minimum absolute atomic E-state index is 0.339. The monoisotopic (exact) mass is 569 g/mol. The third-order valence-electron chi connectivity index (χ3n) is 8.00. The van der Waals surface area contributed by atoms with Gasteiger partial charge in [-0.2, -0.15) is 4.98 Å². The number of para-hydroxylation sites is 1. The van der Waals surface area contributed by atoms with E-state index in [1.165, 1.54) is 45.0 Å². The largest absolute Gasteiger partial charge is 0.494 e. The van der Waals surface area contributed by atoms with E-state index in [0.717, 1.165) is 24.2 Å². The zero-order valence-corrected chi connectivity index (χ0v) is 24.7. The van der Waals surface area contributed by atoms with E-state index in [2.05, 4.69) is 37.4 Å². The van der Waals surface area contributed by atoms with Crippen molar-refractivity contribution in [1.82, 2.24) is 19.9 Å². The Morgan fingerprint density at radius 3 is 2.36 bits per heavy atom. The number of halogens is 1. The topological polar surface area (TPSA) is 95.5 Å². The van der Waals surface area contributed by atoms with E-state index in [0.29, 0.717) is 39.3 Å². The highest BCUT2D eigenvalue weighted by Gasteiger charge is 2.37. The number of rotatable bonds is 7. The summed E-state index contributed by atoms with van der Waals surface area (Å²) in [5, 5.41) is 7.53. The number of nitrogens with one attached hydrogen (secondary N) is 2. The lowest BCUT2D eigenvalue weighted by atomic mass is 9.71. The number of hydrogen-bond donors (Lipinski definition) is 2. The lowest BCUT2D eigenvalue weighted by Crippen LogP contribution is -2.46. The molecule has 5 rings (SSSR count). The van der Waals surface area contributed by atoms with Gasteiger partial charge in [0.1, 0.15) is 29.4 Å². The lowest BCUT2D eigenvalue weighted by molar-refractivity contribution is 0.0943. The summed E-state index contributed by atoms with van der Waals surface area (Å²) in [6.45, 7) is 7.88. The number of anilines is 5. The molecule has 9 nitrogen and oxygen atoms in total. The second-order valence-corrected chi connectivity index (χ2v) is 14.6. The average Bonchev–Trinajstić information content (AvgIpc) is 2.93. The summed E-state index contributed by atoms with van der Waals surface area (Å²) >= 11 is 6.41. The molecule has 2 aliphatic rings. The lowest BCUT2D eigenvalue weighted by Gasteiger charge is -2.46. The Morgan fingerprint density at radius 2 is 1.67 bits per heavy atom. The molecule has 2 aromatic heterocycles. The van der Waals surface area contributed by atoms with E-state index >= 15 is 0 Å². The van der Waals surface area contributed by atoms with Crippen LogP contribution in [0.2, 0.25) is 5.02 Å². The Labute approximate surface area is 235 Å². The van der Waals surface area contributed by atoms with E-state index in [9.17, 15) is 4.57 Å². The second-order valence-electron chi connectivity index (χ2n) is 11.0. The van der Waals surface area contributed by atoms with Crippen LogP contribution in [0.5, 0.6) is 5.75 Å². The van der Waals surface area contributed by atoms with Gasteiger partial charge in [0.25, 0.3) is 0 Å². The van der Waals surface area contributed by atoms with Crippen LogP contribution < -0.4 is 25.6 Å². The number of aromatic nitrogens is 3. The normalized spacial score (nSPS) is 17.7. The van der Waals surface area contributed by atoms with Gasteiger partial charge in [-0.25, -0.2) is 9.97 Å². The number of nitrogens with zero attached hydrogens (tertiary/aromatic N) is 5. The SMILES string of the molecule is COc1cc(N2CCC3(CCN(C)CC3)CC2)ncc1Nc1ncc(Cl)c(Nc2ccccc2P(C)(C)=O)n1. The highest BCUT2D eigenvalue weighted by atomic mass is 35.5. The predicted molar refractivity (Wildman–Crippen MR) is 161 cm³/mol. The molecule has 3 aromatic rings. The highest BCUT2D eigenvalue weighted by molar-refractivity contribution is 7.70. The molecule has 4 heterocycles. The zero-order chi connectivity index (χ0) is 27.6. The van der Waals surface area contributed by atoms with E-state index < -0.39 is 7.14 Å². The maximum absolute atomic E-state index is 12.8. The van der Waals surface area contributed by atoms with Crippen LogP contribution in [0.1, 0.15) is 25.7 Å². The molecule has 2 saturated heterocycles. The molecule has 11 heteroatoms. The summed E-state index contributed by atoms with van der Waals surface area (Å²) < 4.78 is 18.5. The Balaban J connectivity index is 1.30. The van der Waals surface area contributed by atoms with Gasteiger partial charge in [0, 0.05) is 24.5 Å². The number of likely N-dealkylation sites (tertiary alicyclic amines) is 1. The maximum Gasteiger partial charge on any atom is 0.229 e. The summed E-state index contributed by atoms with van der Waals surface area (Å²) in [4.78, 5) is 18.5. The predicted octanol–water partition coefficient (Wildman–Crippen LogP) is 5.58. The molecule has 2 fully saturated rings. The number of methoxy groups -OCH3 is 1. The van der Waals surface area contributed by atoms with Crippen molar-refractivity contribution >= 4 is 53.0 Å². The number of hydrogen-bond acceptors (Lipinski definition) is 9. The molecule has 2 N–H and O–H groups in total. The Morgan fingerprint density at radius 1 is 0.974 bits per heavy atom. The van der Waals surface area contributed by atoms with Crippen LogP contribution in [-0.2, 0) is 4.57 Å². The highest BCUT2D eigenvalue weighted by Crippen LogP contribution is 2.42. The van der Waals surface area contributed by atoms with Gasteiger partial charge < -0.3 is 29.7 Å². The number of piperidine rings is 2. The van der Waals surface area contributed by atoms with Gasteiger partial charge in [-0.3, -0.25) is 0 Å². The first-order valence-electron chi connectivity index (χ1n) is 13.3. The summed E-state index contributed by atoms with van der Waals surface area (Å²) in [6.07, 6.45) is 8.27. The van der Waals surface area contributed by atoms with Gasteiger partial charge in [-0.05, 0) is 76.7 Å². The first-order chi connectivity index (χ1) is 18.7. The molecule has 0 amide bonds. The molecule has 0 bridgehead atoms. The molecule has 0 saturated carbocycles. The molecular weight excluding hydrogens is 533 g/mol.